The minimum absolute atomic E-state index is 0.167. The van der Waals surface area contributed by atoms with Crippen LogP contribution in [0.1, 0.15) is 30.2 Å². The van der Waals surface area contributed by atoms with E-state index in [1.165, 1.54) is 5.56 Å². The fraction of sp³-hybridized carbons (Fsp3) is 0.389. The Morgan fingerprint density at radius 3 is 2.54 bits per heavy atom. The molecule has 0 spiro atoms. The molecule has 3 rings (SSSR count). The van der Waals surface area contributed by atoms with Gasteiger partial charge in [0.05, 0.1) is 6.04 Å². The number of aromatic nitrogens is 6. The van der Waals surface area contributed by atoms with Crippen LogP contribution in [0.25, 0.3) is 0 Å². The van der Waals surface area contributed by atoms with E-state index in [2.05, 4.69) is 32.5 Å². The Balaban J connectivity index is 0.000000640. The lowest BCUT2D eigenvalue weighted by Gasteiger charge is -2.11. The maximum Gasteiger partial charge on any atom is 0.300 e. The highest BCUT2D eigenvalue weighted by Gasteiger charge is 2.16. The Hall–Kier alpha value is -2.72. The van der Waals surface area contributed by atoms with Gasteiger partial charge in [-0.3, -0.25) is 4.79 Å². The number of nitrogens with two attached hydrogens (primary N) is 1. The zero-order valence-electron chi connectivity index (χ0n) is 16.2. The van der Waals surface area contributed by atoms with Crippen molar-refractivity contribution < 1.29 is 9.90 Å². The first-order valence-electron chi connectivity index (χ1n) is 8.74. The zero-order chi connectivity index (χ0) is 20.5. The molecule has 0 aliphatic rings. The van der Waals surface area contributed by atoms with Gasteiger partial charge in [0.15, 0.2) is 11.0 Å². The van der Waals surface area contributed by atoms with Gasteiger partial charge in [-0.25, -0.2) is 0 Å². The van der Waals surface area contributed by atoms with Gasteiger partial charge in [0, 0.05) is 26.3 Å². The first-order valence-corrected chi connectivity index (χ1v) is 9.72. The number of hydrogen-bond donors (Lipinski definition) is 2. The van der Waals surface area contributed by atoms with E-state index in [1.54, 1.807) is 18.1 Å². The third-order valence-electron chi connectivity index (χ3n) is 3.87. The summed E-state index contributed by atoms with van der Waals surface area (Å²) in [7, 11) is 1.96. The maximum atomic E-state index is 9.00. The minimum atomic E-state index is -0.833. The maximum absolute atomic E-state index is 9.00. The largest absolute Gasteiger partial charge is 0.481 e. The second kappa shape index (κ2) is 10.6. The van der Waals surface area contributed by atoms with Crippen LogP contribution in [0.4, 0.5) is 0 Å². The number of carbonyl (C=O) groups is 1. The first kappa shape index (κ1) is 21.6. The summed E-state index contributed by atoms with van der Waals surface area (Å²) in [5.41, 5.74) is 7.51. The molecule has 9 nitrogen and oxygen atoms in total. The molecule has 1 aromatic carbocycles. The van der Waals surface area contributed by atoms with E-state index in [-0.39, 0.29) is 6.04 Å². The zero-order valence-corrected chi connectivity index (χ0v) is 17.0. The summed E-state index contributed by atoms with van der Waals surface area (Å²) in [6.45, 7) is 3.86. The van der Waals surface area contributed by atoms with Crippen molar-refractivity contribution in [1.82, 2.24) is 29.5 Å². The normalized spacial score (nSPS) is 11.6. The van der Waals surface area contributed by atoms with Crippen molar-refractivity contribution in [2.24, 2.45) is 12.8 Å². The van der Waals surface area contributed by atoms with E-state index in [0.29, 0.717) is 0 Å². The molecule has 10 heteroatoms. The van der Waals surface area contributed by atoms with Gasteiger partial charge in [0.2, 0.25) is 0 Å². The number of carboxylic acid groups (broad SMARTS) is 1. The summed E-state index contributed by atoms with van der Waals surface area (Å²) >= 11 is 1.66. The Bertz CT molecular complexity index is 875. The van der Waals surface area contributed by atoms with Crippen LogP contribution >= 0.6 is 11.8 Å². The van der Waals surface area contributed by atoms with E-state index in [4.69, 9.17) is 15.6 Å². The Labute approximate surface area is 168 Å². The topological polar surface area (TPSA) is 125 Å². The first-order chi connectivity index (χ1) is 13.4. The molecule has 0 amide bonds. The number of rotatable bonds is 7. The number of aliphatic carboxylic acids is 1. The van der Waals surface area contributed by atoms with Crippen LogP contribution < -0.4 is 5.73 Å². The minimum Gasteiger partial charge on any atom is -0.481 e. The van der Waals surface area contributed by atoms with E-state index >= 15 is 0 Å². The summed E-state index contributed by atoms with van der Waals surface area (Å²) in [4.78, 5) is 9.00. The molecule has 1 atom stereocenters. The van der Waals surface area contributed by atoms with Gasteiger partial charge in [-0.2, -0.15) is 0 Å². The molecule has 28 heavy (non-hydrogen) atoms. The van der Waals surface area contributed by atoms with E-state index < -0.39 is 5.97 Å². The van der Waals surface area contributed by atoms with Gasteiger partial charge >= 0.3 is 0 Å². The molecule has 0 aliphatic heterocycles. The lowest BCUT2D eigenvalue weighted by atomic mass is 10.1. The van der Waals surface area contributed by atoms with Crippen LogP contribution in [0.2, 0.25) is 0 Å². The van der Waals surface area contributed by atoms with Crippen molar-refractivity contribution in [2.75, 3.05) is 5.75 Å². The molecule has 0 saturated carbocycles. The van der Waals surface area contributed by atoms with Gasteiger partial charge in [0.25, 0.3) is 5.97 Å². The smallest absolute Gasteiger partial charge is 0.300 e. The van der Waals surface area contributed by atoms with Gasteiger partial charge in [-0.05, 0) is 18.9 Å². The van der Waals surface area contributed by atoms with Crippen molar-refractivity contribution >= 4 is 17.7 Å². The molecule has 3 aromatic rings. The quantitative estimate of drug-likeness (QED) is 0.573. The fourth-order valence-corrected chi connectivity index (χ4v) is 3.36. The van der Waals surface area contributed by atoms with Gasteiger partial charge in [0.1, 0.15) is 12.2 Å². The number of carboxylic acids is 1. The SMILES string of the molecule is CC(=O)O.Cc1nncn1CCSc1nnc(C(N)Cc2ccccc2)n1C. The molecule has 0 fully saturated rings. The molecule has 0 aliphatic carbocycles. The van der Waals surface area contributed by atoms with Gasteiger partial charge in [-0.1, -0.05) is 42.1 Å². The van der Waals surface area contributed by atoms with E-state index in [1.807, 2.05) is 41.3 Å². The van der Waals surface area contributed by atoms with Crippen LogP contribution in [0, 0.1) is 6.92 Å². The third-order valence-corrected chi connectivity index (χ3v) is 4.87. The molecular formula is C18H25N7O2S. The van der Waals surface area contributed by atoms with Crippen LogP contribution in [-0.4, -0.2) is 46.4 Å². The van der Waals surface area contributed by atoms with Gasteiger partial charge < -0.3 is 20.0 Å². The summed E-state index contributed by atoms with van der Waals surface area (Å²) < 4.78 is 4.00. The van der Waals surface area contributed by atoms with Crippen LogP contribution in [-0.2, 0) is 24.8 Å². The highest BCUT2D eigenvalue weighted by atomic mass is 32.2. The predicted octanol–water partition coefficient (Wildman–Crippen LogP) is 1.84. The lowest BCUT2D eigenvalue weighted by Crippen LogP contribution is -2.18. The Morgan fingerprint density at radius 2 is 1.93 bits per heavy atom. The monoisotopic (exact) mass is 403 g/mol. The Kier molecular flexibility index (Phi) is 8.15. The summed E-state index contributed by atoms with van der Waals surface area (Å²) in [5.74, 6) is 1.76. The van der Waals surface area contributed by atoms with Crippen molar-refractivity contribution in [3.8, 4) is 0 Å². The van der Waals surface area contributed by atoms with E-state index in [9.17, 15) is 0 Å². The van der Waals surface area contributed by atoms with Gasteiger partial charge in [-0.15, -0.1) is 20.4 Å². The highest BCUT2D eigenvalue weighted by molar-refractivity contribution is 7.99. The molecule has 2 aromatic heterocycles. The lowest BCUT2D eigenvalue weighted by molar-refractivity contribution is -0.134. The van der Waals surface area contributed by atoms with Crippen molar-refractivity contribution in [1.29, 1.82) is 0 Å². The van der Waals surface area contributed by atoms with E-state index in [0.717, 1.165) is 42.4 Å². The second-order valence-corrected chi connectivity index (χ2v) is 7.20. The van der Waals surface area contributed by atoms with Crippen LogP contribution in [0.5, 0.6) is 0 Å². The molecule has 0 radical (unpaired) electrons. The average Bonchev–Trinajstić information content (AvgIpc) is 3.22. The summed E-state index contributed by atoms with van der Waals surface area (Å²) in [5, 5.41) is 24.7. The molecule has 3 N–H and O–H groups in total. The number of thioether (sulfide) groups is 1. The van der Waals surface area contributed by atoms with Crippen LogP contribution in [0.15, 0.2) is 41.8 Å². The number of nitrogens with zero attached hydrogens (tertiary/aromatic N) is 6. The second-order valence-electron chi connectivity index (χ2n) is 6.14. The number of aryl methyl sites for hydroxylation is 2. The van der Waals surface area contributed by atoms with Crippen molar-refractivity contribution in [3.63, 3.8) is 0 Å². The van der Waals surface area contributed by atoms with Crippen molar-refractivity contribution in [3.05, 3.63) is 53.9 Å². The number of benzene rings is 1. The molecule has 0 saturated heterocycles. The van der Waals surface area contributed by atoms with Crippen LogP contribution in [0.3, 0.4) is 0 Å². The molecule has 2 heterocycles. The number of hydrogen-bond acceptors (Lipinski definition) is 7. The molecule has 1 unspecified atom stereocenters. The molecular weight excluding hydrogens is 378 g/mol. The summed E-state index contributed by atoms with van der Waals surface area (Å²) in [6, 6.07) is 10.0. The standard InChI is InChI=1S/C16H21N7S.C2H4O2/c1-12-19-18-11-23(12)8-9-24-16-21-20-15(22(16)2)14(17)10-13-6-4-3-5-7-13;1-2(3)4/h3-7,11,14H,8-10,17H2,1-2H3;1H3,(H,3,4). The Morgan fingerprint density at radius 1 is 1.25 bits per heavy atom. The average molecular weight is 404 g/mol. The molecule has 0 bridgehead atoms. The highest BCUT2D eigenvalue weighted by Crippen LogP contribution is 2.20. The van der Waals surface area contributed by atoms with Crippen molar-refractivity contribution in [2.45, 2.75) is 38.0 Å². The predicted molar refractivity (Wildman–Crippen MR) is 107 cm³/mol. The summed E-state index contributed by atoms with van der Waals surface area (Å²) in [6.07, 6.45) is 2.49. The fourth-order valence-electron chi connectivity index (χ4n) is 2.50. The molecule has 150 valence electrons. The third kappa shape index (κ3) is 6.46.